The van der Waals surface area contributed by atoms with E-state index < -0.39 is 5.41 Å². The van der Waals surface area contributed by atoms with Gasteiger partial charge in [-0.1, -0.05) is 49.4 Å². The van der Waals surface area contributed by atoms with Crippen LogP contribution in [-0.2, 0) is 21.5 Å². The monoisotopic (exact) mass is 377 g/mol. The molecule has 0 radical (unpaired) electrons. The normalized spacial score (nSPS) is 27.4. The number of fused-ring (bicyclic) bond motifs is 1. The number of likely N-dealkylation sites (tertiary alicyclic amines) is 1. The molecule has 0 spiro atoms. The molecule has 1 saturated carbocycles. The van der Waals surface area contributed by atoms with E-state index in [1.165, 1.54) is 0 Å². The van der Waals surface area contributed by atoms with Gasteiger partial charge >= 0.3 is 0 Å². The lowest BCUT2D eigenvalue weighted by Crippen LogP contribution is -2.60. The Bertz CT molecular complexity index is 861. The van der Waals surface area contributed by atoms with Crippen molar-refractivity contribution in [2.45, 2.75) is 38.1 Å². The molecule has 1 amide bonds. The zero-order valence-electron chi connectivity index (χ0n) is 16.6. The minimum atomic E-state index is -0.584. The molecule has 1 unspecified atom stereocenters. The fraction of sp³-hybridized carbons (Fsp3) is 0.417. The molecule has 146 valence electrons. The number of ether oxygens (including phenoxy) is 1. The summed E-state index contributed by atoms with van der Waals surface area (Å²) in [5, 5.41) is 0. The van der Waals surface area contributed by atoms with E-state index in [9.17, 15) is 9.59 Å². The predicted octanol–water partition coefficient (Wildman–Crippen LogP) is 3.98. The Morgan fingerprint density at radius 2 is 1.79 bits per heavy atom. The highest BCUT2D eigenvalue weighted by atomic mass is 16.5. The molecule has 2 aromatic carbocycles. The standard InChI is InChI=1S/C24H27NO3/c1-17-21-13-15-25(16-18-8-10-20(28-2)11-9-18)23(27)24(21,14-12-22(17)26)19-6-4-3-5-7-19/h3-11,17,21H,12-16H2,1-2H3/t17-,21-,24?/m0/s1. The number of amides is 1. The van der Waals surface area contributed by atoms with Gasteiger partial charge in [0, 0.05) is 25.4 Å². The van der Waals surface area contributed by atoms with Crippen LogP contribution in [0, 0.1) is 11.8 Å². The molecular weight excluding hydrogens is 350 g/mol. The molecule has 4 heteroatoms. The summed E-state index contributed by atoms with van der Waals surface area (Å²) in [6.45, 7) is 3.30. The van der Waals surface area contributed by atoms with Gasteiger partial charge in [0.15, 0.2) is 0 Å². The predicted molar refractivity (Wildman–Crippen MR) is 108 cm³/mol. The molecule has 2 aromatic rings. The number of benzene rings is 2. The first-order valence-electron chi connectivity index (χ1n) is 10.1. The van der Waals surface area contributed by atoms with Gasteiger partial charge in [-0.3, -0.25) is 9.59 Å². The highest BCUT2D eigenvalue weighted by Crippen LogP contribution is 2.50. The fourth-order valence-corrected chi connectivity index (χ4v) is 5.14. The minimum absolute atomic E-state index is 0.0685. The molecule has 0 aromatic heterocycles. The molecule has 2 aliphatic rings. The summed E-state index contributed by atoms with van der Waals surface area (Å²) in [4.78, 5) is 28.3. The van der Waals surface area contributed by atoms with E-state index in [1.54, 1.807) is 7.11 Å². The summed E-state index contributed by atoms with van der Waals surface area (Å²) in [5.41, 5.74) is 1.57. The van der Waals surface area contributed by atoms with Crippen LogP contribution in [0.3, 0.4) is 0 Å². The fourth-order valence-electron chi connectivity index (χ4n) is 5.14. The summed E-state index contributed by atoms with van der Waals surface area (Å²) in [5.74, 6) is 1.30. The smallest absolute Gasteiger partial charge is 0.233 e. The summed E-state index contributed by atoms with van der Waals surface area (Å²) in [6.07, 6.45) is 1.96. The molecule has 1 saturated heterocycles. The van der Waals surface area contributed by atoms with E-state index in [0.29, 0.717) is 31.7 Å². The molecule has 0 bridgehead atoms. The lowest BCUT2D eigenvalue weighted by molar-refractivity contribution is -0.152. The lowest BCUT2D eigenvalue weighted by atomic mass is 9.55. The van der Waals surface area contributed by atoms with Crippen LogP contribution in [-0.4, -0.2) is 30.2 Å². The van der Waals surface area contributed by atoms with Gasteiger partial charge in [-0.2, -0.15) is 0 Å². The van der Waals surface area contributed by atoms with Crippen molar-refractivity contribution in [1.82, 2.24) is 4.90 Å². The SMILES string of the molecule is COc1ccc(CN2CC[C@H]3[C@H](C)C(=O)CCC3(c3ccccc3)C2=O)cc1. The maximum atomic E-state index is 13.9. The first kappa shape index (κ1) is 18.7. The zero-order chi connectivity index (χ0) is 19.7. The van der Waals surface area contributed by atoms with Crippen molar-refractivity contribution in [3.05, 3.63) is 65.7 Å². The third-order valence-corrected chi connectivity index (χ3v) is 6.71. The molecule has 1 heterocycles. The summed E-state index contributed by atoms with van der Waals surface area (Å²) >= 11 is 0. The van der Waals surface area contributed by atoms with Gasteiger partial charge in [0.05, 0.1) is 12.5 Å². The number of methoxy groups -OCH3 is 1. The van der Waals surface area contributed by atoms with Crippen LogP contribution in [0.15, 0.2) is 54.6 Å². The molecule has 4 nitrogen and oxygen atoms in total. The number of carbonyl (C=O) groups is 2. The number of Topliss-reactive ketones (excluding diaryl/α,β-unsaturated/α-hetero) is 1. The Balaban J connectivity index is 1.68. The van der Waals surface area contributed by atoms with E-state index >= 15 is 0 Å². The van der Waals surface area contributed by atoms with Crippen LogP contribution in [0.25, 0.3) is 0 Å². The number of hydrogen-bond donors (Lipinski definition) is 0. The van der Waals surface area contributed by atoms with Crippen molar-refractivity contribution in [3.8, 4) is 5.75 Å². The number of ketones is 1. The van der Waals surface area contributed by atoms with Crippen LogP contribution in [0.1, 0.15) is 37.3 Å². The highest BCUT2D eigenvalue weighted by molar-refractivity contribution is 5.94. The van der Waals surface area contributed by atoms with Crippen LogP contribution in [0.4, 0.5) is 0 Å². The average Bonchev–Trinajstić information content (AvgIpc) is 2.74. The Hall–Kier alpha value is -2.62. The number of nitrogens with zero attached hydrogens (tertiary/aromatic N) is 1. The molecular formula is C24H27NO3. The molecule has 3 atom stereocenters. The molecule has 4 rings (SSSR count). The Kier molecular flexibility index (Phi) is 4.96. The number of carbonyl (C=O) groups excluding carboxylic acids is 2. The Morgan fingerprint density at radius 1 is 1.07 bits per heavy atom. The summed E-state index contributed by atoms with van der Waals surface area (Å²) in [7, 11) is 1.65. The topological polar surface area (TPSA) is 46.6 Å². The van der Waals surface area contributed by atoms with E-state index in [2.05, 4.69) is 12.1 Å². The van der Waals surface area contributed by atoms with Gasteiger partial charge in [-0.15, -0.1) is 0 Å². The summed E-state index contributed by atoms with van der Waals surface area (Å²) < 4.78 is 5.23. The molecule has 1 aliphatic carbocycles. The van der Waals surface area contributed by atoms with E-state index in [-0.39, 0.29) is 17.7 Å². The number of piperidine rings is 1. The third-order valence-electron chi connectivity index (χ3n) is 6.71. The lowest BCUT2D eigenvalue weighted by Gasteiger charge is -2.52. The average molecular weight is 377 g/mol. The first-order chi connectivity index (χ1) is 13.6. The van der Waals surface area contributed by atoms with Crippen LogP contribution >= 0.6 is 0 Å². The van der Waals surface area contributed by atoms with Gasteiger partial charge in [-0.05, 0) is 42.0 Å². The maximum Gasteiger partial charge on any atom is 0.233 e. The van der Waals surface area contributed by atoms with E-state index in [1.807, 2.05) is 54.3 Å². The van der Waals surface area contributed by atoms with Gasteiger partial charge in [0.2, 0.25) is 5.91 Å². The molecule has 0 N–H and O–H groups in total. The van der Waals surface area contributed by atoms with Crippen LogP contribution in [0.5, 0.6) is 5.75 Å². The van der Waals surface area contributed by atoms with Crippen molar-refractivity contribution >= 4 is 11.7 Å². The zero-order valence-corrected chi connectivity index (χ0v) is 16.6. The van der Waals surface area contributed by atoms with Gasteiger partial charge < -0.3 is 9.64 Å². The highest BCUT2D eigenvalue weighted by Gasteiger charge is 2.56. The first-order valence-corrected chi connectivity index (χ1v) is 10.1. The number of rotatable bonds is 4. The largest absolute Gasteiger partial charge is 0.497 e. The van der Waals surface area contributed by atoms with Crippen molar-refractivity contribution in [1.29, 1.82) is 0 Å². The second-order valence-electron chi connectivity index (χ2n) is 8.06. The number of hydrogen-bond acceptors (Lipinski definition) is 3. The van der Waals surface area contributed by atoms with Crippen LogP contribution < -0.4 is 4.74 Å². The van der Waals surface area contributed by atoms with Crippen molar-refractivity contribution in [2.75, 3.05) is 13.7 Å². The molecule has 28 heavy (non-hydrogen) atoms. The maximum absolute atomic E-state index is 13.9. The van der Waals surface area contributed by atoms with Gasteiger partial charge in [0.1, 0.15) is 11.5 Å². The van der Waals surface area contributed by atoms with E-state index in [0.717, 1.165) is 23.3 Å². The van der Waals surface area contributed by atoms with Gasteiger partial charge in [0.25, 0.3) is 0 Å². The minimum Gasteiger partial charge on any atom is -0.497 e. The second-order valence-corrected chi connectivity index (χ2v) is 8.06. The van der Waals surface area contributed by atoms with E-state index in [4.69, 9.17) is 4.74 Å². The molecule has 1 aliphatic heterocycles. The second kappa shape index (κ2) is 7.42. The van der Waals surface area contributed by atoms with Crippen molar-refractivity contribution < 1.29 is 14.3 Å². The van der Waals surface area contributed by atoms with Gasteiger partial charge in [-0.25, -0.2) is 0 Å². The quantitative estimate of drug-likeness (QED) is 0.810. The van der Waals surface area contributed by atoms with Crippen LogP contribution in [0.2, 0.25) is 0 Å². The Morgan fingerprint density at radius 3 is 2.46 bits per heavy atom. The summed E-state index contributed by atoms with van der Waals surface area (Å²) in [6, 6.07) is 18.0. The molecule has 2 fully saturated rings. The third kappa shape index (κ3) is 3.01. The Labute approximate surface area is 166 Å². The van der Waals surface area contributed by atoms with Crippen molar-refractivity contribution in [2.24, 2.45) is 11.8 Å². The van der Waals surface area contributed by atoms with Crippen molar-refractivity contribution in [3.63, 3.8) is 0 Å².